The first kappa shape index (κ1) is 15.9. The number of benzene rings is 1. The maximum atomic E-state index is 3.61. The van der Waals surface area contributed by atoms with Gasteiger partial charge in [0.1, 0.15) is 0 Å². The highest BCUT2D eigenvalue weighted by Crippen LogP contribution is 2.54. The Hall–Kier alpha value is -0.330. The highest BCUT2D eigenvalue weighted by atomic mass is 127. The molecule has 5 atom stereocenters. The molecule has 4 heteroatoms. The van der Waals surface area contributed by atoms with Crippen LogP contribution in [0.3, 0.4) is 0 Å². The number of aromatic nitrogens is 1. The van der Waals surface area contributed by atoms with Crippen molar-refractivity contribution in [1.29, 1.82) is 0 Å². The summed E-state index contributed by atoms with van der Waals surface area (Å²) in [5.41, 5.74) is 2.71. The van der Waals surface area contributed by atoms with Crippen LogP contribution in [0.1, 0.15) is 18.4 Å². The SMILES string of the molecule is Brc1ccc2[nH]cc(CCN3C4CC=CC5CC(CI)C3C54)c2c1. The second-order valence-electron chi connectivity index (χ2n) is 7.60. The number of hydrogen-bond acceptors (Lipinski definition) is 1. The minimum atomic E-state index is 0.815. The van der Waals surface area contributed by atoms with E-state index in [-0.39, 0.29) is 0 Å². The predicted octanol–water partition coefficient (Wildman–Crippen LogP) is 5.17. The normalized spacial score (nSPS) is 34.5. The van der Waals surface area contributed by atoms with Crippen molar-refractivity contribution >= 4 is 49.4 Å². The number of H-pyrrole nitrogens is 1. The number of hydrogen-bond donors (Lipinski definition) is 1. The first-order chi connectivity index (χ1) is 11.8. The van der Waals surface area contributed by atoms with E-state index in [0.29, 0.717) is 0 Å². The Morgan fingerprint density at radius 2 is 2.25 bits per heavy atom. The fourth-order valence-electron chi connectivity index (χ4n) is 5.53. The van der Waals surface area contributed by atoms with E-state index in [2.05, 4.69) is 85.0 Å². The largest absolute Gasteiger partial charge is 0.361 e. The molecular formula is C20H22BrIN2. The maximum Gasteiger partial charge on any atom is 0.0457 e. The molecule has 5 unspecified atom stereocenters. The Bertz CT molecular complexity index is 798. The number of rotatable bonds is 4. The van der Waals surface area contributed by atoms with E-state index in [4.69, 9.17) is 0 Å². The molecular weight excluding hydrogens is 475 g/mol. The summed E-state index contributed by atoms with van der Waals surface area (Å²) < 4.78 is 2.48. The zero-order valence-electron chi connectivity index (χ0n) is 13.6. The Labute approximate surface area is 165 Å². The van der Waals surface area contributed by atoms with E-state index in [0.717, 1.165) is 36.3 Å². The van der Waals surface area contributed by atoms with Gasteiger partial charge in [-0.05, 0) is 60.8 Å². The lowest BCUT2D eigenvalue weighted by Gasteiger charge is -2.56. The molecule has 1 aromatic heterocycles. The number of likely N-dealkylation sites (tertiary alicyclic amines) is 1. The standard InChI is InChI=1S/C20H22BrIN2/c21-15-4-5-17-16(9-15)13(11-23-17)6-7-24-18-3-1-2-12-8-14(10-22)20(24)19(12)18/h1-2,4-5,9,11-12,14,18-20,23H,3,6-8,10H2. The van der Waals surface area contributed by atoms with Crippen LogP contribution < -0.4 is 0 Å². The summed E-state index contributed by atoms with van der Waals surface area (Å²) in [5, 5.41) is 1.37. The molecule has 0 spiro atoms. The molecule has 5 rings (SSSR count). The average Bonchev–Trinajstić information content (AvgIpc) is 3.14. The molecule has 1 aromatic carbocycles. The van der Waals surface area contributed by atoms with Crippen LogP contribution in [0.15, 0.2) is 41.0 Å². The van der Waals surface area contributed by atoms with Gasteiger partial charge in [0.2, 0.25) is 0 Å². The summed E-state index contributed by atoms with van der Waals surface area (Å²) in [5.74, 6) is 2.72. The zero-order valence-corrected chi connectivity index (χ0v) is 17.3. The van der Waals surface area contributed by atoms with Gasteiger partial charge in [-0.25, -0.2) is 0 Å². The fraction of sp³-hybridized carbons (Fsp3) is 0.500. The quantitative estimate of drug-likeness (QED) is 0.351. The molecule has 24 heavy (non-hydrogen) atoms. The van der Waals surface area contributed by atoms with E-state index in [1.165, 1.54) is 44.8 Å². The Morgan fingerprint density at radius 1 is 1.33 bits per heavy atom. The second kappa shape index (κ2) is 6.13. The average molecular weight is 497 g/mol. The minimum absolute atomic E-state index is 0.815. The first-order valence-electron chi connectivity index (χ1n) is 9.00. The van der Waals surface area contributed by atoms with Crippen LogP contribution in [0.4, 0.5) is 0 Å². The Kier molecular flexibility index (Phi) is 4.06. The third-order valence-corrected chi connectivity index (χ3v) is 8.15. The van der Waals surface area contributed by atoms with Gasteiger partial charge in [0.15, 0.2) is 0 Å². The summed E-state index contributed by atoms with van der Waals surface area (Å²) in [6.07, 6.45) is 11.0. The van der Waals surface area contributed by atoms with Crippen LogP contribution in [0.25, 0.3) is 10.9 Å². The lowest BCUT2D eigenvalue weighted by molar-refractivity contribution is -0.0624. The highest BCUT2D eigenvalue weighted by Gasteiger charge is 2.58. The smallest absolute Gasteiger partial charge is 0.0457 e. The van der Waals surface area contributed by atoms with Gasteiger partial charge in [-0.3, -0.25) is 4.90 Å². The van der Waals surface area contributed by atoms with Crippen LogP contribution in [-0.2, 0) is 6.42 Å². The lowest BCUT2D eigenvalue weighted by atomic mass is 9.71. The molecule has 1 N–H and O–H groups in total. The van der Waals surface area contributed by atoms with E-state index < -0.39 is 0 Å². The van der Waals surface area contributed by atoms with Crippen LogP contribution in [-0.4, -0.2) is 32.9 Å². The van der Waals surface area contributed by atoms with E-state index in [1.807, 2.05) is 0 Å². The molecule has 0 amide bonds. The molecule has 126 valence electrons. The van der Waals surface area contributed by atoms with Gasteiger partial charge in [-0.1, -0.05) is 50.7 Å². The van der Waals surface area contributed by atoms with Crippen molar-refractivity contribution in [3.05, 3.63) is 46.6 Å². The van der Waals surface area contributed by atoms with Gasteiger partial charge in [0, 0.05) is 44.6 Å². The first-order valence-corrected chi connectivity index (χ1v) is 11.3. The number of aromatic amines is 1. The van der Waals surface area contributed by atoms with Crippen LogP contribution >= 0.6 is 38.5 Å². The van der Waals surface area contributed by atoms with Crippen molar-refractivity contribution in [1.82, 2.24) is 9.88 Å². The van der Waals surface area contributed by atoms with Crippen molar-refractivity contribution in [3.63, 3.8) is 0 Å². The van der Waals surface area contributed by atoms with E-state index in [9.17, 15) is 0 Å². The van der Waals surface area contributed by atoms with E-state index >= 15 is 0 Å². The number of fused-ring (bicyclic) bond motifs is 1. The number of nitrogens with zero attached hydrogens (tertiary/aromatic N) is 1. The number of allylic oxidation sites excluding steroid dienone is 1. The van der Waals surface area contributed by atoms with Gasteiger partial charge in [-0.15, -0.1) is 0 Å². The number of halogens is 2. The van der Waals surface area contributed by atoms with Gasteiger partial charge >= 0.3 is 0 Å². The molecule has 2 fully saturated rings. The van der Waals surface area contributed by atoms with Crippen LogP contribution in [0.5, 0.6) is 0 Å². The number of nitrogens with one attached hydrogen (secondary N) is 1. The Balaban J connectivity index is 1.36. The summed E-state index contributed by atoms with van der Waals surface area (Å²) in [6.45, 7) is 1.21. The monoisotopic (exact) mass is 496 g/mol. The van der Waals surface area contributed by atoms with E-state index in [1.54, 1.807) is 0 Å². The molecule has 1 aliphatic heterocycles. The van der Waals surface area contributed by atoms with Crippen LogP contribution in [0, 0.1) is 17.8 Å². The van der Waals surface area contributed by atoms with Crippen molar-refractivity contribution in [2.24, 2.45) is 17.8 Å². The third kappa shape index (κ3) is 2.36. The lowest BCUT2D eigenvalue weighted by Crippen LogP contribution is -2.65. The topological polar surface area (TPSA) is 19.0 Å². The molecule has 3 aliphatic rings. The fourth-order valence-corrected chi connectivity index (χ4v) is 6.77. The second-order valence-corrected chi connectivity index (χ2v) is 9.40. The maximum absolute atomic E-state index is 3.61. The molecule has 2 aliphatic carbocycles. The zero-order chi connectivity index (χ0) is 16.3. The molecule has 2 nitrogen and oxygen atoms in total. The molecule has 0 radical (unpaired) electrons. The van der Waals surface area contributed by atoms with Gasteiger partial charge < -0.3 is 4.98 Å². The molecule has 1 saturated heterocycles. The van der Waals surface area contributed by atoms with Crippen molar-refractivity contribution in [2.45, 2.75) is 31.3 Å². The van der Waals surface area contributed by atoms with Gasteiger partial charge in [0.25, 0.3) is 0 Å². The van der Waals surface area contributed by atoms with Crippen LogP contribution in [0.2, 0.25) is 0 Å². The molecule has 1 saturated carbocycles. The summed E-state index contributed by atoms with van der Waals surface area (Å²) in [6, 6.07) is 8.19. The Morgan fingerprint density at radius 3 is 3.12 bits per heavy atom. The summed E-state index contributed by atoms with van der Waals surface area (Å²) in [4.78, 5) is 6.27. The predicted molar refractivity (Wildman–Crippen MR) is 112 cm³/mol. The summed E-state index contributed by atoms with van der Waals surface area (Å²) in [7, 11) is 0. The molecule has 0 bridgehead atoms. The minimum Gasteiger partial charge on any atom is -0.361 e. The van der Waals surface area contributed by atoms with Gasteiger partial charge in [-0.2, -0.15) is 0 Å². The van der Waals surface area contributed by atoms with Gasteiger partial charge in [0.05, 0.1) is 0 Å². The number of alkyl halides is 1. The van der Waals surface area contributed by atoms with Crippen molar-refractivity contribution in [2.75, 3.05) is 11.0 Å². The molecule has 2 aromatic rings. The molecule has 2 heterocycles. The summed E-state index contributed by atoms with van der Waals surface area (Å²) >= 11 is 6.22. The third-order valence-electron chi connectivity index (χ3n) is 6.53. The highest BCUT2D eigenvalue weighted by molar-refractivity contribution is 14.1. The van der Waals surface area contributed by atoms with Crippen molar-refractivity contribution < 1.29 is 0 Å². The van der Waals surface area contributed by atoms with Crippen molar-refractivity contribution in [3.8, 4) is 0 Å².